The second-order valence-corrected chi connectivity index (χ2v) is 4.49. The summed E-state index contributed by atoms with van der Waals surface area (Å²) in [6, 6.07) is 9.76. The summed E-state index contributed by atoms with van der Waals surface area (Å²) in [5, 5.41) is 0. The van der Waals surface area contributed by atoms with E-state index in [0.717, 1.165) is 18.6 Å². The number of hydrogen-bond acceptors (Lipinski definition) is 2. The van der Waals surface area contributed by atoms with Gasteiger partial charge in [0.2, 0.25) is 0 Å². The summed E-state index contributed by atoms with van der Waals surface area (Å²) in [5.41, 5.74) is 0. The molecule has 1 aromatic rings. The van der Waals surface area contributed by atoms with Gasteiger partial charge in [-0.2, -0.15) is 0 Å². The summed E-state index contributed by atoms with van der Waals surface area (Å²) in [7, 11) is 0. The van der Waals surface area contributed by atoms with E-state index in [4.69, 9.17) is 16.3 Å². The topological polar surface area (TPSA) is 29.5 Å². The van der Waals surface area contributed by atoms with Crippen LogP contribution in [-0.4, -0.2) is 35.9 Å². The number of rotatable bonds is 6. The van der Waals surface area contributed by atoms with Crippen LogP contribution in [0.25, 0.3) is 0 Å². The molecule has 0 unspecified atom stereocenters. The first-order chi connectivity index (χ1) is 8.31. The van der Waals surface area contributed by atoms with Gasteiger partial charge in [0.1, 0.15) is 5.75 Å². The lowest BCUT2D eigenvalue weighted by Gasteiger charge is -2.21. The Morgan fingerprint density at radius 1 is 1.35 bits per heavy atom. The van der Waals surface area contributed by atoms with Gasteiger partial charge in [0.15, 0.2) is 6.61 Å². The van der Waals surface area contributed by atoms with Crippen molar-refractivity contribution in [3.05, 3.63) is 30.3 Å². The van der Waals surface area contributed by atoms with Crippen molar-refractivity contribution in [2.45, 2.75) is 18.9 Å². The van der Waals surface area contributed by atoms with Crippen LogP contribution in [-0.2, 0) is 4.79 Å². The van der Waals surface area contributed by atoms with Crippen LogP contribution in [0, 0.1) is 0 Å². The lowest BCUT2D eigenvalue weighted by Crippen LogP contribution is -2.38. The van der Waals surface area contributed by atoms with Crippen LogP contribution in [0.15, 0.2) is 30.3 Å². The Balaban J connectivity index is 1.83. The zero-order chi connectivity index (χ0) is 12.1. The van der Waals surface area contributed by atoms with Gasteiger partial charge in [0, 0.05) is 18.5 Å². The van der Waals surface area contributed by atoms with Crippen molar-refractivity contribution in [3.8, 4) is 5.75 Å². The molecule has 17 heavy (non-hydrogen) atoms. The van der Waals surface area contributed by atoms with E-state index in [1.54, 1.807) is 0 Å². The Labute approximate surface area is 106 Å². The van der Waals surface area contributed by atoms with Gasteiger partial charge in [-0.25, -0.2) is 0 Å². The molecule has 0 bridgehead atoms. The number of ether oxygens (including phenoxy) is 1. The summed E-state index contributed by atoms with van der Waals surface area (Å²) in [6.07, 6.45) is 2.18. The number of halogens is 1. The van der Waals surface area contributed by atoms with Gasteiger partial charge in [0.25, 0.3) is 5.91 Å². The highest BCUT2D eigenvalue weighted by Gasteiger charge is 2.32. The monoisotopic (exact) mass is 253 g/mol. The zero-order valence-corrected chi connectivity index (χ0v) is 10.4. The summed E-state index contributed by atoms with van der Waals surface area (Å²) in [5.74, 6) is 1.23. The molecule has 3 nitrogen and oxygen atoms in total. The maximum atomic E-state index is 11.9. The summed E-state index contributed by atoms with van der Waals surface area (Å²) in [4.78, 5) is 13.8. The molecule has 1 fully saturated rings. The number of benzene rings is 1. The minimum Gasteiger partial charge on any atom is -0.484 e. The SMILES string of the molecule is O=C(COc1ccccc1)N(CCCl)C1CC1. The first kappa shape index (κ1) is 12.2. The van der Waals surface area contributed by atoms with Crippen LogP contribution in [0.2, 0.25) is 0 Å². The number of hydrogen-bond donors (Lipinski definition) is 0. The Morgan fingerprint density at radius 2 is 2.06 bits per heavy atom. The molecule has 1 aromatic carbocycles. The van der Waals surface area contributed by atoms with E-state index in [1.807, 2.05) is 35.2 Å². The second kappa shape index (κ2) is 5.92. The zero-order valence-electron chi connectivity index (χ0n) is 9.64. The number of nitrogens with zero attached hydrogens (tertiary/aromatic N) is 1. The summed E-state index contributed by atoms with van der Waals surface area (Å²) >= 11 is 5.69. The summed E-state index contributed by atoms with van der Waals surface area (Å²) < 4.78 is 5.44. The molecule has 0 aliphatic heterocycles. The molecule has 0 N–H and O–H groups in total. The van der Waals surface area contributed by atoms with E-state index in [9.17, 15) is 4.79 Å². The van der Waals surface area contributed by atoms with E-state index in [2.05, 4.69) is 0 Å². The smallest absolute Gasteiger partial charge is 0.260 e. The molecule has 1 saturated carbocycles. The average molecular weight is 254 g/mol. The van der Waals surface area contributed by atoms with Crippen LogP contribution in [0.1, 0.15) is 12.8 Å². The third kappa shape index (κ3) is 3.63. The molecule has 0 atom stereocenters. The molecule has 0 radical (unpaired) electrons. The third-order valence-corrected chi connectivity index (χ3v) is 2.91. The van der Waals surface area contributed by atoms with Crippen LogP contribution in [0.3, 0.4) is 0 Å². The van der Waals surface area contributed by atoms with Crippen molar-refractivity contribution in [1.82, 2.24) is 4.90 Å². The summed E-state index contributed by atoms with van der Waals surface area (Å²) in [6.45, 7) is 0.709. The van der Waals surface area contributed by atoms with Crippen molar-refractivity contribution in [3.63, 3.8) is 0 Å². The van der Waals surface area contributed by atoms with Crippen molar-refractivity contribution < 1.29 is 9.53 Å². The van der Waals surface area contributed by atoms with Gasteiger partial charge >= 0.3 is 0 Å². The number of carbonyl (C=O) groups is 1. The molecule has 1 aliphatic rings. The molecule has 92 valence electrons. The van der Waals surface area contributed by atoms with E-state index >= 15 is 0 Å². The molecular formula is C13H16ClNO2. The predicted octanol–water partition coefficient (Wildman–Crippen LogP) is 2.30. The van der Waals surface area contributed by atoms with E-state index < -0.39 is 0 Å². The molecule has 4 heteroatoms. The van der Waals surface area contributed by atoms with Crippen molar-refractivity contribution in [2.75, 3.05) is 19.0 Å². The number of alkyl halides is 1. The standard InChI is InChI=1S/C13H16ClNO2/c14-8-9-15(11-6-7-11)13(16)10-17-12-4-2-1-3-5-12/h1-5,11H,6-10H2. The van der Waals surface area contributed by atoms with Gasteiger partial charge in [-0.3, -0.25) is 4.79 Å². The normalized spacial score (nSPS) is 14.4. The molecule has 2 rings (SSSR count). The van der Waals surface area contributed by atoms with E-state index in [1.165, 1.54) is 0 Å². The first-order valence-electron chi connectivity index (χ1n) is 5.84. The van der Waals surface area contributed by atoms with Gasteiger partial charge < -0.3 is 9.64 Å². The molecule has 0 spiro atoms. The third-order valence-electron chi connectivity index (χ3n) is 2.74. The van der Waals surface area contributed by atoms with Gasteiger partial charge in [-0.05, 0) is 25.0 Å². The molecular weight excluding hydrogens is 238 g/mol. The minimum atomic E-state index is 0.0250. The van der Waals surface area contributed by atoms with Crippen LogP contribution in [0.4, 0.5) is 0 Å². The van der Waals surface area contributed by atoms with E-state index in [0.29, 0.717) is 18.5 Å². The number of amides is 1. The largest absolute Gasteiger partial charge is 0.484 e. The molecule has 0 aromatic heterocycles. The molecule has 1 amide bonds. The lowest BCUT2D eigenvalue weighted by atomic mass is 10.3. The fraction of sp³-hybridized carbons (Fsp3) is 0.462. The lowest BCUT2D eigenvalue weighted by molar-refractivity contribution is -0.133. The Hall–Kier alpha value is -1.22. The van der Waals surface area contributed by atoms with Crippen LogP contribution in [0.5, 0.6) is 5.75 Å². The van der Waals surface area contributed by atoms with Gasteiger partial charge in [-0.1, -0.05) is 18.2 Å². The fourth-order valence-corrected chi connectivity index (χ4v) is 1.91. The predicted molar refractivity (Wildman–Crippen MR) is 67.4 cm³/mol. The minimum absolute atomic E-state index is 0.0250. The van der Waals surface area contributed by atoms with Crippen molar-refractivity contribution in [2.24, 2.45) is 0 Å². The van der Waals surface area contributed by atoms with Crippen molar-refractivity contribution >= 4 is 17.5 Å². The highest BCUT2D eigenvalue weighted by atomic mass is 35.5. The Bertz CT molecular complexity index is 365. The fourth-order valence-electron chi connectivity index (χ4n) is 1.73. The van der Waals surface area contributed by atoms with E-state index in [-0.39, 0.29) is 12.5 Å². The average Bonchev–Trinajstić information content (AvgIpc) is 3.18. The Morgan fingerprint density at radius 3 is 2.65 bits per heavy atom. The quantitative estimate of drug-likeness (QED) is 0.728. The maximum Gasteiger partial charge on any atom is 0.260 e. The van der Waals surface area contributed by atoms with Crippen LogP contribution < -0.4 is 4.74 Å². The van der Waals surface area contributed by atoms with Gasteiger partial charge in [0.05, 0.1) is 0 Å². The number of para-hydroxylation sites is 1. The molecule has 0 heterocycles. The van der Waals surface area contributed by atoms with Crippen molar-refractivity contribution in [1.29, 1.82) is 0 Å². The van der Waals surface area contributed by atoms with Gasteiger partial charge in [-0.15, -0.1) is 11.6 Å². The first-order valence-corrected chi connectivity index (χ1v) is 6.38. The highest BCUT2D eigenvalue weighted by molar-refractivity contribution is 6.18. The molecule has 1 aliphatic carbocycles. The second-order valence-electron chi connectivity index (χ2n) is 4.11. The Kier molecular flexibility index (Phi) is 4.26. The molecule has 0 saturated heterocycles. The van der Waals surface area contributed by atoms with Crippen LogP contribution >= 0.6 is 11.6 Å². The maximum absolute atomic E-state index is 11.9. The number of carbonyl (C=O) groups excluding carboxylic acids is 1. The highest BCUT2D eigenvalue weighted by Crippen LogP contribution is 2.26.